The van der Waals surface area contributed by atoms with Gasteiger partial charge in [-0.1, -0.05) is 36.8 Å². The number of hydrazine groups is 1. The quantitative estimate of drug-likeness (QED) is 0.813. The van der Waals surface area contributed by atoms with Crippen molar-refractivity contribution < 1.29 is 14.4 Å². The molecule has 0 radical (unpaired) electrons. The van der Waals surface area contributed by atoms with Crippen LogP contribution in [0, 0.1) is 5.92 Å². The molecule has 1 saturated heterocycles. The summed E-state index contributed by atoms with van der Waals surface area (Å²) in [4.78, 5) is 36.6. The van der Waals surface area contributed by atoms with E-state index in [1.807, 2.05) is 30.3 Å². The Balaban J connectivity index is 1.63. The van der Waals surface area contributed by atoms with Gasteiger partial charge in [-0.25, -0.2) is 4.79 Å². The van der Waals surface area contributed by atoms with Crippen LogP contribution in [0.25, 0.3) is 0 Å². The van der Waals surface area contributed by atoms with Gasteiger partial charge in [0.15, 0.2) is 0 Å². The van der Waals surface area contributed by atoms with E-state index in [0.717, 1.165) is 29.8 Å². The van der Waals surface area contributed by atoms with Crippen molar-refractivity contribution in [3.05, 3.63) is 35.9 Å². The molecule has 1 unspecified atom stereocenters. The standard InChI is InChI=1S/C17H21N3O3/c1-17(11-10-12-6-3-2-4-7-12)15(22)20(16(23)18-17)19-14(21)13-8-5-9-13/h2-4,6-7,13H,5,8-11H2,1H3,(H,18,23)(H,19,21). The Morgan fingerprint density at radius 1 is 1.30 bits per heavy atom. The maximum absolute atomic E-state index is 12.6. The largest absolute Gasteiger partial charge is 0.344 e. The lowest BCUT2D eigenvalue weighted by atomic mass is 9.85. The Morgan fingerprint density at radius 3 is 2.61 bits per heavy atom. The molecule has 1 atom stereocenters. The summed E-state index contributed by atoms with van der Waals surface area (Å²) in [5, 5.41) is 3.54. The van der Waals surface area contributed by atoms with Crippen LogP contribution in [0.4, 0.5) is 4.79 Å². The van der Waals surface area contributed by atoms with Gasteiger partial charge in [0.2, 0.25) is 5.91 Å². The van der Waals surface area contributed by atoms with Crippen LogP contribution >= 0.6 is 0 Å². The second-order valence-corrected chi connectivity index (χ2v) is 6.49. The van der Waals surface area contributed by atoms with Gasteiger partial charge >= 0.3 is 6.03 Å². The highest BCUT2D eigenvalue weighted by Gasteiger charge is 2.48. The van der Waals surface area contributed by atoms with Crippen molar-refractivity contribution >= 4 is 17.8 Å². The molecular formula is C17H21N3O3. The number of rotatable bonds is 5. The minimum atomic E-state index is -0.986. The number of carbonyl (C=O) groups excluding carboxylic acids is 3. The highest BCUT2D eigenvalue weighted by Crippen LogP contribution is 2.27. The van der Waals surface area contributed by atoms with Crippen molar-refractivity contribution in [2.75, 3.05) is 0 Å². The molecule has 2 aliphatic rings. The number of nitrogens with zero attached hydrogens (tertiary/aromatic N) is 1. The van der Waals surface area contributed by atoms with Crippen molar-refractivity contribution in [2.45, 2.75) is 44.6 Å². The highest BCUT2D eigenvalue weighted by atomic mass is 16.2. The zero-order valence-corrected chi connectivity index (χ0v) is 13.2. The van der Waals surface area contributed by atoms with Gasteiger partial charge in [0.05, 0.1) is 0 Å². The molecule has 1 heterocycles. The molecular weight excluding hydrogens is 294 g/mol. The average Bonchev–Trinajstić information content (AvgIpc) is 2.69. The normalized spacial score (nSPS) is 24.3. The lowest BCUT2D eigenvalue weighted by Gasteiger charge is -2.26. The molecule has 6 nitrogen and oxygen atoms in total. The Kier molecular flexibility index (Phi) is 4.07. The third kappa shape index (κ3) is 3.06. The summed E-state index contributed by atoms with van der Waals surface area (Å²) in [6.07, 6.45) is 3.82. The monoisotopic (exact) mass is 315 g/mol. The summed E-state index contributed by atoms with van der Waals surface area (Å²) in [7, 11) is 0. The molecule has 0 spiro atoms. The van der Waals surface area contributed by atoms with E-state index in [1.54, 1.807) is 6.92 Å². The fourth-order valence-corrected chi connectivity index (χ4v) is 2.87. The zero-order chi connectivity index (χ0) is 16.4. The number of carbonyl (C=O) groups is 3. The average molecular weight is 315 g/mol. The molecule has 3 rings (SSSR count). The van der Waals surface area contributed by atoms with Crippen LogP contribution in [-0.4, -0.2) is 28.4 Å². The molecule has 1 saturated carbocycles. The third-order valence-electron chi connectivity index (χ3n) is 4.72. The van der Waals surface area contributed by atoms with Crippen LogP contribution in [0.2, 0.25) is 0 Å². The first-order valence-electron chi connectivity index (χ1n) is 8.01. The Labute approximate surface area is 135 Å². The maximum atomic E-state index is 12.6. The number of benzene rings is 1. The lowest BCUT2D eigenvalue weighted by Crippen LogP contribution is -2.51. The summed E-state index contributed by atoms with van der Waals surface area (Å²) < 4.78 is 0. The van der Waals surface area contributed by atoms with E-state index in [-0.39, 0.29) is 11.8 Å². The van der Waals surface area contributed by atoms with Crippen LogP contribution in [0.1, 0.15) is 38.2 Å². The van der Waals surface area contributed by atoms with Crippen molar-refractivity contribution in [1.82, 2.24) is 15.8 Å². The Bertz CT molecular complexity index is 627. The second-order valence-electron chi connectivity index (χ2n) is 6.49. The molecule has 1 aliphatic heterocycles. The van der Waals surface area contributed by atoms with Crippen LogP contribution < -0.4 is 10.7 Å². The van der Waals surface area contributed by atoms with E-state index in [2.05, 4.69) is 10.7 Å². The summed E-state index contributed by atoms with van der Waals surface area (Å²) in [5.74, 6) is -0.718. The number of amides is 4. The van der Waals surface area contributed by atoms with Crippen LogP contribution in [0.3, 0.4) is 0 Å². The second kappa shape index (κ2) is 6.02. The summed E-state index contributed by atoms with van der Waals surface area (Å²) in [6, 6.07) is 9.24. The molecule has 1 aliphatic carbocycles. The molecule has 2 fully saturated rings. The number of urea groups is 1. The lowest BCUT2D eigenvalue weighted by molar-refractivity contribution is -0.141. The summed E-state index contributed by atoms with van der Waals surface area (Å²) in [6.45, 7) is 1.70. The van der Waals surface area contributed by atoms with E-state index >= 15 is 0 Å². The minimum Gasteiger partial charge on any atom is -0.322 e. The first-order valence-corrected chi connectivity index (χ1v) is 8.01. The zero-order valence-electron chi connectivity index (χ0n) is 13.2. The van der Waals surface area contributed by atoms with Crippen LogP contribution in [0.15, 0.2) is 30.3 Å². The molecule has 6 heteroatoms. The SMILES string of the molecule is CC1(CCc2ccccc2)NC(=O)N(NC(=O)C2CCC2)C1=O. The predicted molar refractivity (Wildman–Crippen MR) is 84.0 cm³/mol. The van der Waals surface area contributed by atoms with E-state index < -0.39 is 17.5 Å². The maximum Gasteiger partial charge on any atom is 0.344 e. The van der Waals surface area contributed by atoms with Gasteiger partial charge in [-0.05, 0) is 38.2 Å². The van der Waals surface area contributed by atoms with Crippen LogP contribution in [-0.2, 0) is 16.0 Å². The minimum absolute atomic E-state index is 0.0771. The molecule has 122 valence electrons. The first kappa shape index (κ1) is 15.5. The van der Waals surface area contributed by atoms with E-state index in [4.69, 9.17) is 0 Å². The molecule has 0 aromatic heterocycles. The number of hydrogen-bond donors (Lipinski definition) is 2. The van der Waals surface area contributed by atoms with E-state index in [0.29, 0.717) is 12.8 Å². The molecule has 23 heavy (non-hydrogen) atoms. The van der Waals surface area contributed by atoms with Crippen molar-refractivity contribution in [3.8, 4) is 0 Å². The Hall–Kier alpha value is -2.37. The van der Waals surface area contributed by atoms with Crippen molar-refractivity contribution in [3.63, 3.8) is 0 Å². The number of nitrogens with one attached hydrogen (secondary N) is 2. The van der Waals surface area contributed by atoms with Crippen LogP contribution in [0.5, 0.6) is 0 Å². The Morgan fingerprint density at radius 2 is 2.00 bits per heavy atom. The summed E-state index contributed by atoms with van der Waals surface area (Å²) >= 11 is 0. The van der Waals surface area contributed by atoms with Gasteiger partial charge in [-0.2, -0.15) is 5.01 Å². The van der Waals surface area contributed by atoms with E-state index in [1.165, 1.54) is 0 Å². The molecule has 1 aromatic rings. The van der Waals surface area contributed by atoms with Gasteiger partial charge in [-0.15, -0.1) is 0 Å². The number of aryl methyl sites for hydroxylation is 1. The molecule has 4 amide bonds. The topological polar surface area (TPSA) is 78.5 Å². The number of hydrogen-bond acceptors (Lipinski definition) is 3. The van der Waals surface area contributed by atoms with Crippen molar-refractivity contribution in [2.24, 2.45) is 5.92 Å². The van der Waals surface area contributed by atoms with Gasteiger partial charge < -0.3 is 5.32 Å². The fraction of sp³-hybridized carbons (Fsp3) is 0.471. The number of imide groups is 1. The van der Waals surface area contributed by atoms with Crippen molar-refractivity contribution in [1.29, 1.82) is 0 Å². The van der Waals surface area contributed by atoms with Gasteiger partial charge in [0, 0.05) is 5.92 Å². The first-order chi connectivity index (χ1) is 11.0. The van der Waals surface area contributed by atoms with Gasteiger partial charge in [0.1, 0.15) is 5.54 Å². The molecule has 2 N–H and O–H groups in total. The molecule has 0 bridgehead atoms. The highest BCUT2D eigenvalue weighted by molar-refractivity contribution is 6.07. The van der Waals surface area contributed by atoms with Gasteiger partial charge in [-0.3, -0.25) is 15.0 Å². The van der Waals surface area contributed by atoms with E-state index in [9.17, 15) is 14.4 Å². The smallest absolute Gasteiger partial charge is 0.322 e. The fourth-order valence-electron chi connectivity index (χ4n) is 2.87. The third-order valence-corrected chi connectivity index (χ3v) is 4.72. The molecule has 1 aromatic carbocycles. The van der Waals surface area contributed by atoms with Gasteiger partial charge in [0.25, 0.3) is 5.91 Å². The predicted octanol–water partition coefficient (Wildman–Crippen LogP) is 1.76. The summed E-state index contributed by atoms with van der Waals surface area (Å²) in [5.41, 5.74) is 2.58.